The molecule has 0 spiro atoms. The van der Waals surface area contributed by atoms with E-state index in [4.69, 9.17) is 34.8 Å². The summed E-state index contributed by atoms with van der Waals surface area (Å²) in [5.74, 6) is 0.889. The van der Waals surface area contributed by atoms with Crippen molar-refractivity contribution in [3.63, 3.8) is 0 Å². The molecule has 2 aromatic rings. The van der Waals surface area contributed by atoms with Gasteiger partial charge in [0.2, 0.25) is 0 Å². The number of halogens is 3. The van der Waals surface area contributed by atoms with Crippen molar-refractivity contribution in [2.45, 2.75) is 19.4 Å². The zero-order chi connectivity index (χ0) is 13.7. The van der Waals surface area contributed by atoms with Gasteiger partial charge in [0, 0.05) is 23.6 Å². The zero-order valence-corrected chi connectivity index (χ0v) is 12.4. The first kappa shape index (κ1) is 14.6. The van der Waals surface area contributed by atoms with Gasteiger partial charge in [-0.2, -0.15) is 5.10 Å². The first-order valence-electron chi connectivity index (χ1n) is 5.86. The Labute approximate surface area is 126 Å². The number of aromatic nitrogens is 3. The summed E-state index contributed by atoms with van der Waals surface area (Å²) >= 11 is 18.2. The van der Waals surface area contributed by atoms with E-state index in [2.05, 4.69) is 20.5 Å². The maximum Gasteiger partial charge on any atom is 0.137 e. The van der Waals surface area contributed by atoms with Gasteiger partial charge in [0.15, 0.2) is 0 Å². The van der Waals surface area contributed by atoms with Gasteiger partial charge in [0.25, 0.3) is 0 Å². The second kappa shape index (κ2) is 7.10. The van der Waals surface area contributed by atoms with Crippen LogP contribution in [0, 0.1) is 0 Å². The maximum atomic E-state index is 6.11. The molecular formula is C12H13Cl3N4. The van der Waals surface area contributed by atoms with Crippen molar-refractivity contribution in [2.75, 3.05) is 6.54 Å². The lowest BCUT2D eigenvalue weighted by Crippen LogP contribution is -2.16. The van der Waals surface area contributed by atoms with Gasteiger partial charge in [-0.25, -0.2) is 4.98 Å². The molecule has 7 heteroatoms. The average molecular weight is 320 g/mol. The molecule has 0 bridgehead atoms. The molecule has 0 saturated heterocycles. The van der Waals surface area contributed by atoms with Crippen LogP contribution >= 0.6 is 34.8 Å². The Balaban J connectivity index is 1.78. The highest BCUT2D eigenvalue weighted by atomic mass is 35.5. The molecule has 102 valence electrons. The summed E-state index contributed by atoms with van der Waals surface area (Å²) < 4.78 is 0. The largest absolute Gasteiger partial charge is 0.313 e. The Morgan fingerprint density at radius 3 is 2.68 bits per heavy atom. The second-order valence-corrected chi connectivity index (χ2v) is 5.23. The zero-order valence-electron chi connectivity index (χ0n) is 10.1. The quantitative estimate of drug-likeness (QED) is 0.633. The normalized spacial score (nSPS) is 10.9. The van der Waals surface area contributed by atoms with Crippen molar-refractivity contribution in [3.05, 3.63) is 44.9 Å². The van der Waals surface area contributed by atoms with Crippen LogP contribution in [0.3, 0.4) is 0 Å². The Bertz CT molecular complexity index is 528. The third-order valence-electron chi connectivity index (χ3n) is 2.67. The smallest absolute Gasteiger partial charge is 0.137 e. The summed E-state index contributed by atoms with van der Waals surface area (Å²) in [4.78, 5) is 4.06. The number of rotatable bonds is 6. The summed E-state index contributed by atoms with van der Waals surface area (Å²) in [5.41, 5.74) is 0.829. The number of hydrogen-bond donors (Lipinski definition) is 2. The monoisotopic (exact) mass is 318 g/mol. The van der Waals surface area contributed by atoms with E-state index in [0.717, 1.165) is 30.8 Å². The molecule has 1 aromatic heterocycles. The van der Waals surface area contributed by atoms with Gasteiger partial charge >= 0.3 is 0 Å². The molecule has 0 atom stereocenters. The summed E-state index contributed by atoms with van der Waals surface area (Å²) in [6.45, 7) is 1.43. The fourth-order valence-corrected chi connectivity index (χ4v) is 2.36. The SMILES string of the molecule is Clc1ccc(Cl)c(CNCCCc2ncn[nH]2)c1Cl. The van der Waals surface area contributed by atoms with E-state index in [-0.39, 0.29) is 0 Å². The van der Waals surface area contributed by atoms with Crippen molar-refractivity contribution in [1.29, 1.82) is 0 Å². The van der Waals surface area contributed by atoms with E-state index in [0.29, 0.717) is 21.6 Å². The van der Waals surface area contributed by atoms with Gasteiger partial charge in [-0.15, -0.1) is 0 Å². The minimum atomic E-state index is 0.511. The highest BCUT2D eigenvalue weighted by Crippen LogP contribution is 2.31. The molecule has 19 heavy (non-hydrogen) atoms. The number of aromatic amines is 1. The van der Waals surface area contributed by atoms with Gasteiger partial charge in [-0.3, -0.25) is 5.10 Å². The lowest BCUT2D eigenvalue weighted by Gasteiger charge is -2.09. The van der Waals surface area contributed by atoms with E-state index in [1.807, 2.05) is 0 Å². The molecule has 0 amide bonds. The minimum Gasteiger partial charge on any atom is -0.313 e. The van der Waals surface area contributed by atoms with E-state index < -0.39 is 0 Å². The summed E-state index contributed by atoms with van der Waals surface area (Å²) in [7, 11) is 0. The Morgan fingerprint density at radius 1 is 1.16 bits per heavy atom. The van der Waals surface area contributed by atoms with Crippen LogP contribution in [0.2, 0.25) is 15.1 Å². The number of nitrogens with zero attached hydrogens (tertiary/aromatic N) is 2. The van der Waals surface area contributed by atoms with Crippen LogP contribution in [0.5, 0.6) is 0 Å². The predicted octanol–water partition coefficient (Wildman–Crippen LogP) is 3.49. The predicted molar refractivity (Wildman–Crippen MR) is 77.9 cm³/mol. The van der Waals surface area contributed by atoms with Crippen LogP contribution in [-0.4, -0.2) is 21.7 Å². The lowest BCUT2D eigenvalue weighted by molar-refractivity contribution is 0.640. The number of aryl methyl sites for hydroxylation is 1. The number of hydrogen-bond acceptors (Lipinski definition) is 3. The van der Waals surface area contributed by atoms with Crippen LogP contribution in [0.1, 0.15) is 17.8 Å². The van der Waals surface area contributed by atoms with Crippen LogP contribution < -0.4 is 5.32 Å². The average Bonchev–Trinajstić information content (AvgIpc) is 2.90. The molecule has 0 unspecified atom stereocenters. The third kappa shape index (κ3) is 4.08. The molecule has 2 N–H and O–H groups in total. The van der Waals surface area contributed by atoms with Crippen molar-refractivity contribution in [3.8, 4) is 0 Å². The van der Waals surface area contributed by atoms with E-state index >= 15 is 0 Å². The van der Waals surface area contributed by atoms with Crippen LogP contribution in [0.4, 0.5) is 0 Å². The highest BCUT2D eigenvalue weighted by Gasteiger charge is 2.08. The molecule has 0 aliphatic heterocycles. The van der Waals surface area contributed by atoms with E-state index in [1.54, 1.807) is 12.1 Å². The van der Waals surface area contributed by atoms with Gasteiger partial charge in [0.1, 0.15) is 12.2 Å². The van der Waals surface area contributed by atoms with Crippen LogP contribution in [-0.2, 0) is 13.0 Å². The second-order valence-electron chi connectivity index (χ2n) is 4.03. The van der Waals surface area contributed by atoms with E-state index in [9.17, 15) is 0 Å². The standard InChI is InChI=1S/C12H13Cl3N4/c13-9-3-4-10(14)12(15)8(9)6-16-5-1-2-11-17-7-18-19-11/h3-4,7,16H,1-2,5-6H2,(H,17,18,19). The van der Waals surface area contributed by atoms with Crippen LogP contribution in [0.15, 0.2) is 18.5 Å². The molecule has 4 nitrogen and oxygen atoms in total. The Morgan fingerprint density at radius 2 is 1.95 bits per heavy atom. The van der Waals surface area contributed by atoms with Gasteiger partial charge in [0.05, 0.1) is 10.0 Å². The van der Waals surface area contributed by atoms with Crippen molar-refractivity contribution < 1.29 is 0 Å². The van der Waals surface area contributed by atoms with E-state index in [1.165, 1.54) is 6.33 Å². The Kier molecular flexibility index (Phi) is 5.45. The summed E-state index contributed by atoms with van der Waals surface area (Å²) in [6, 6.07) is 3.45. The molecule has 0 aliphatic carbocycles. The number of nitrogens with one attached hydrogen (secondary N) is 2. The molecule has 1 heterocycles. The fourth-order valence-electron chi connectivity index (χ4n) is 1.68. The molecule has 0 radical (unpaired) electrons. The van der Waals surface area contributed by atoms with Crippen LogP contribution in [0.25, 0.3) is 0 Å². The van der Waals surface area contributed by atoms with Gasteiger partial charge in [-0.1, -0.05) is 34.8 Å². The van der Waals surface area contributed by atoms with Crippen molar-refractivity contribution in [1.82, 2.24) is 20.5 Å². The number of benzene rings is 1. The molecular weight excluding hydrogens is 307 g/mol. The molecule has 0 aliphatic rings. The molecule has 2 rings (SSSR count). The first-order valence-corrected chi connectivity index (χ1v) is 6.99. The first-order chi connectivity index (χ1) is 9.18. The van der Waals surface area contributed by atoms with Gasteiger partial charge in [-0.05, 0) is 25.1 Å². The molecule has 0 fully saturated rings. The summed E-state index contributed by atoms with van der Waals surface area (Å²) in [6.07, 6.45) is 3.31. The lowest BCUT2D eigenvalue weighted by atomic mass is 10.2. The number of H-pyrrole nitrogens is 1. The van der Waals surface area contributed by atoms with Gasteiger partial charge < -0.3 is 5.32 Å². The molecule has 0 saturated carbocycles. The fraction of sp³-hybridized carbons (Fsp3) is 0.333. The molecule has 1 aromatic carbocycles. The maximum absolute atomic E-state index is 6.11. The van der Waals surface area contributed by atoms with Crippen molar-refractivity contribution in [2.24, 2.45) is 0 Å². The summed E-state index contributed by atoms with van der Waals surface area (Å²) in [5, 5.41) is 11.6. The highest BCUT2D eigenvalue weighted by molar-refractivity contribution is 6.44. The third-order valence-corrected chi connectivity index (χ3v) is 3.87. The topological polar surface area (TPSA) is 53.6 Å². The van der Waals surface area contributed by atoms with Crippen molar-refractivity contribution >= 4 is 34.8 Å². The Hall–Kier alpha value is -0.810. The minimum absolute atomic E-state index is 0.511.